The lowest BCUT2D eigenvalue weighted by Crippen LogP contribution is -2.37. The topological polar surface area (TPSA) is 143 Å². The molecule has 13 rings (SSSR count). The number of morpholine rings is 1. The number of allylic oxidation sites excluding steroid dienone is 6. The first-order chi connectivity index (χ1) is 41.6. The molecule has 0 atom stereocenters. The van der Waals surface area contributed by atoms with Crippen molar-refractivity contribution in [2.24, 2.45) is 0 Å². The Balaban J connectivity index is 0.000000149. The van der Waals surface area contributed by atoms with Crippen molar-refractivity contribution in [1.82, 2.24) is 4.90 Å². The van der Waals surface area contributed by atoms with Crippen LogP contribution in [-0.4, -0.2) is 49.3 Å². The number of ether oxygens (including phenoxy) is 1. The third-order valence-corrected chi connectivity index (χ3v) is 16.0. The van der Waals surface area contributed by atoms with Gasteiger partial charge in [-0.05, 0) is 162 Å². The molecule has 7 aliphatic heterocycles. The zero-order valence-electron chi connectivity index (χ0n) is 51.4. The van der Waals surface area contributed by atoms with Gasteiger partial charge in [0.1, 0.15) is 0 Å². The van der Waals surface area contributed by atoms with E-state index in [-0.39, 0.29) is 19.0 Å². The van der Waals surface area contributed by atoms with Crippen LogP contribution in [-0.2, 0) is 68.9 Å². The molecule has 0 aromatic heterocycles. The molecule has 87 heavy (non-hydrogen) atoms. The van der Waals surface area contributed by atoms with Crippen LogP contribution in [0, 0.1) is 11.3 Å². The van der Waals surface area contributed by atoms with Gasteiger partial charge in [-0.2, -0.15) is 5.26 Å². The zero-order chi connectivity index (χ0) is 61.1. The van der Waals surface area contributed by atoms with Gasteiger partial charge in [0.25, 0.3) is 0 Å². The van der Waals surface area contributed by atoms with Gasteiger partial charge in [0.15, 0.2) is 11.6 Å². The van der Waals surface area contributed by atoms with Gasteiger partial charge in [0.05, 0.1) is 19.3 Å². The highest BCUT2D eigenvalue weighted by molar-refractivity contribution is 5.97. The summed E-state index contributed by atoms with van der Waals surface area (Å²) in [6.45, 7) is 36.5. The first-order valence-corrected chi connectivity index (χ1v) is 30.7. The molecule has 11 nitrogen and oxygen atoms in total. The zero-order valence-corrected chi connectivity index (χ0v) is 51.4. The molecule has 454 valence electrons. The minimum atomic E-state index is 0. The third-order valence-electron chi connectivity index (χ3n) is 16.0. The number of hydrogen-bond donors (Lipinski definition) is 6. The SMILES string of the molecule is C.C=C1Cc2cc(C(=O)CCC)ccc2N1.C=C1Cc2cc(C(C)=O)ccc2N1.C=C1Cc2cc(CC)ccc2N1.C=C1Cc2cc(CCC#N)ccc2N1.C=C1Cc2cc(CCCC)ccc2N1.C=C1Cc2cc(CCN3CCOCC3)ccc2N1. The number of unbranched alkanes of at least 4 members (excludes halogenated alkanes) is 1. The number of nitrogens with one attached hydrogen (secondary N) is 6. The summed E-state index contributed by atoms with van der Waals surface area (Å²) in [5.41, 5.74) is 28.4. The van der Waals surface area contributed by atoms with Gasteiger partial charge < -0.3 is 36.6 Å². The number of hydrogen-bond acceptors (Lipinski definition) is 11. The molecular weight excluding hydrogens is 1070 g/mol. The molecule has 0 bridgehead atoms. The molecule has 7 heterocycles. The summed E-state index contributed by atoms with van der Waals surface area (Å²) >= 11 is 0. The largest absolute Gasteiger partial charge is 0.379 e. The molecule has 6 N–H and O–H groups in total. The number of aryl methyl sites for hydroxylation is 3. The Morgan fingerprint density at radius 2 is 0.839 bits per heavy atom. The molecular formula is C76H92N8O3. The molecule has 0 aliphatic carbocycles. The number of Topliss-reactive ketones (excluding diaryl/α,β-unsaturated/α-hetero) is 2. The van der Waals surface area contributed by atoms with Crippen LogP contribution in [0.3, 0.4) is 0 Å². The molecule has 11 heteroatoms. The van der Waals surface area contributed by atoms with Crippen molar-refractivity contribution in [2.45, 2.75) is 131 Å². The average Bonchev–Trinajstić information content (AvgIpc) is 3.88. The summed E-state index contributed by atoms with van der Waals surface area (Å²) < 4.78 is 5.36. The molecule has 6 aromatic carbocycles. The van der Waals surface area contributed by atoms with Crippen LogP contribution in [0.4, 0.5) is 34.1 Å². The van der Waals surface area contributed by atoms with E-state index in [9.17, 15) is 9.59 Å². The van der Waals surface area contributed by atoms with Crippen LogP contribution in [0.15, 0.2) is 183 Å². The van der Waals surface area contributed by atoms with E-state index in [2.05, 4.69) is 169 Å². The number of carbonyl (C=O) groups is 2. The summed E-state index contributed by atoms with van der Waals surface area (Å²) in [6, 6.07) is 40.0. The van der Waals surface area contributed by atoms with Gasteiger partial charge in [-0.1, -0.05) is 123 Å². The smallest absolute Gasteiger partial charge is 0.162 e. The molecule has 0 amide bonds. The van der Waals surface area contributed by atoms with Crippen molar-refractivity contribution in [1.29, 1.82) is 5.26 Å². The average molecular weight is 1170 g/mol. The lowest BCUT2D eigenvalue weighted by atomic mass is 10.0. The van der Waals surface area contributed by atoms with Crippen LogP contribution in [0.2, 0.25) is 0 Å². The normalized spacial score (nSPS) is 14.8. The number of benzene rings is 6. The minimum Gasteiger partial charge on any atom is -0.379 e. The Hall–Kier alpha value is -8.69. The van der Waals surface area contributed by atoms with Crippen LogP contribution in [0.5, 0.6) is 0 Å². The van der Waals surface area contributed by atoms with Crippen molar-refractivity contribution in [3.05, 3.63) is 250 Å². The molecule has 0 radical (unpaired) electrons. The highest BCUT2D eigenvalue weighted by Gasteiger charge is 2.19. The lowest BCUT2D eigenvalue weighted by Gasteiger charge is -2.26. The molecule has 0 saturated carbocycles. The second-order valence-corrected chi connectivity index (χ2v) is 23.2. The number of nitrogens with zero attached hydrogens (tertiary/aromatic N) is 2. The molecule has 7 aliphatic rings. The maximum atomic E-state index is 11.7. The predicted octanol–water partition coefficient (Wildman–Crippen LogP) is 17.1. The number of ketones is 2. The number of anilines is 6. The Kier molecular flexibility index (Phi) is 24.3. The molecule has 0 unspecified atom stereocenters. The standard InChI is InChI=1S/C15H20N2O.C13H15NO.C13H17N.C12H12N2.C11H11NO.C11H13N.CH4/c1-12-10-14-11-13(2-3-15(14)16-12)4-5-17-6-8-18-9-7-17;1-3-4-13(15)10-5-6-12-11(8-10)7-9(2)14-12;1-3-4-5-11-6-7-13-12(9-11)8-10(2)14-13;1-9-7-11-8-10(3-2-6-13)4-5-12(11)14-9;1-7-5-10-6-9(8(2)13)3-4-11(10)12-7;1-3-9-4-5-11-10(7-9)6-8(2)12-11;/h2-3,11,16H,1,4-10H2;5-6,8,14H,2-4,7H2,1H3;6-7,9,14H,2-5,8H2,1H3;4-5,8,14H,1-3,7H2;3-4,6,12H,1,5H2,2H3;4-5,7,12H,2-3,6H2,1H3;1H4. The molecule has 6 aromatic rings. The van der Waals surface area contributed by atoms with E-state index < -0.39 is 0 Å². The predicted molar refractivity (Wildman–Crippen MR) is 366 cm³/mol. The Labute approximate surface area is 519 Å². The van der Waals surface area contributed by atoms with E-state index in [4.69, 9.17) is 10.00 Å². The van der Waals surface area contributed by atoms with E-state index in [0.717, 1.165) is 165 Å². The highest BCUT2D eigenvalue weighted by Crippen LogP contribution is 2.33. The monoisotopic (exact) mass is 1160 g/mol. The second-order valence-electron chi connectivity index (χ2n) is 23.2. The van der Waals surface area contributed by atoms with Crippen molar-refractivity contribution >= 4 is 45.7 Å². The summed E-state index contributed by atoms with van der Waals surface area (Å²) in [7, 11) is 0. The maximum absolute atomic E-state index is 11.7. The van der Waals surface area contributed by atoms with Crippen molar-refractivity contribution in [2.75, 3.05) is 64.7 Å². The Morgan fingerprint density at radius 3 is 1.23 bits per heavy atom. The Morgan fingerprint density at radius 1 is 0.483 bits per heavy atom. The summed E-state index contributed by atoms with van der Waals surface area (Å²) in [4.78, 5) is 25.2. The molecule has 1 saturated heterocycles. The van der Waals surface area contributed by atoms with Gasteiger partial charge in [0, 0.05) is 150 Å². The van der Waals surface area contributed by atoms with E-state index >= 15 is 0 Å². The van der Waals surface area contributed by atoms with Crippen LogP contribution < -0.4 is 31.9 Å². The summed E-state index contributed by atoms with van der Waals surface area (Å²) in [6.07, 6.45) is 14.5. The molecule has 0 spiro atoms. The maximum Gasteiger partial charge on any atom is 0.162 e. The van der Waals surface area contributed by atoms with Crippen LogP contribution in [0.25, 0.3) is 0 Å². The number of carbonyl (C=O) groups excluding carboxylic acids is 2. The van der Waals surface area contributed by atoms with Gasteiger partial charge in [-0.3, -0.25) is 14.5 Å². The van der Waals surface area contributed by atoms with E-state index in [1.807, 2.05) is 43.3 Å². The van der Waals surface area contributed by atoms with Crippen LogP contribution in [0.1, 0.15) is 144 Å². The fraction of sp³-hybridized carbons (Fsp3) is 0.329. The van der Waals surface area contributed by atoms with Crippen molar-refractivity contribution < 1.29 is 14.3 Å². The third kappa shape index (κ3) is 19.2. The lowest BCUT2D eigenvalue weighted by molar-refractivity contribution is 0.0384. The first kappa shape index (κ1) is 65.8. The van der Waals surface area contributed by atoms with Crippen molar-refractivity contribution in [3.63, 3.8) is 0 Å². The number of nitriles is 1. The fourth-order valence-corrected chi connectivity index (χ4v) is 11.3. The van der Waals surface area contributed by atoms with E-state index in [1.54, 1.807) is 6.92 Å². The fourth-order valence-electron chi connectivity index (χ4n) is 11.3. The Bertz CT molecular complexity index is 3560. The van der Waals surface area contributed by atoms with E-state index in [0.29, 0.717) is 12.8 Å². The molecule has 1 fully saturated rings. The van der Waals surface area contributed by atoms with Crippen LogP contribution >= 0.6 is 0 Å². The van der Waals surface area contributed by atoms with Crippen molar-refractivity contribution in [3.8, 4) is 6.07 Å². The van der Waals surface area contributed by atoms with Gasteiger partial charge in [-0.25, -0.2) is 0 Å². The van der Waals surface area contributed by atoms with E-state index in [1.165, 1.54) is 86.4 Å². The second kappa shape index (κ2) is 32.2. The minimum absolute atomic E-state index is 0. The van der Waals surface area contributed by atoms with Gasteiger partial charge in [-0.15, -0.1) is 0 Å². The summed E-state index contributed by atoms with van der Waals surface area (Å²) in [5, 5.41) is 27.9. The number of rotatable bonds is 13. The number of fused-ring (bicyclic) bond motifs is 6. The van der Waals surface area contributed by atoms with Gasteiger partial charge >= 0.3 is 0 Å². The first-order valence-electron chi connectivity index (χ1n) is 30.7. The quantitative estimate of drug-likeness (QED) is 0.0616. The summed E-state index contributed by atoms with van der Waals surface area (Å²) in [5.74, 6) is 0.345. The highest BCUT2D eigenvalue weighted by atomic mass is 16.5. The van der Waals surface area contributed by atoms with Gasteiger partial charge in [0.2, 0.25) is 0 Å².